The van der Waals surface area contributed by atoms with Crippen LogP contribution in [0.5, 0.6) is 0 Å². The van der Waals surface area contributed by atoms with E-state index in [4.69, 9.17) is 4.74 Å². The summed E-state index contributed by atoms with van der Waals surface area (Å²) in [6, 6.07) is 0. The molecule has 0 N–H and O–H groups in total. The van der Waals surface area contributed by atoms with Crippen molar-refractivity contribution in [3.8, 4) is 0 Å². The third-order valence-corrected chi connectivity index (χ3v) is 4.59. The van der Waals surface area contributed by atoms with Crippen LogP contribution in [0.3, 0.4) is 0 Å². The van der Waals surface area contributed by atoms with E-state index in [1.54, 1.807) is 0 Å². The van der Waals surface area contributed by atoms with Gasteiger partial charge in [-0.05, 0) is 43.4 Å². The molecule has 2 aliphatic rings. The number of hydrogen-bond acceptors (Lipinski definition) is 2. The van der Waals surface area contributed by atoms with Crippen LogP contribution in [0.4, 0.5) is 0 Å². The molecule has 4 unspecified atom stereocenters. The molecule has 2 aliphatic carbocycles. The number of rotatable bonds is 7. The second-order valence-electron chi connectivity index (χ2n) is 5.92. The van der Waals surface area contributed by atoms with Crippen LogP contribution in [-0.2, 0) is 9.53 Å². The molecule has 0 aromatic heterocycles. The molecule has 0 heterocycles. The van der Waals surface area contributed by atoms with Crippen molar-refractivity contribution in [2.24, 2.45) is 23.7 Å². The molecule has 4 atom stereocenters. The van der Waals surface area contributed by atoms with Crippen molar-refractivity contribution in [2.45, 2.75) is 52.4 Å². The first-order chi connectivity index (χ1) is 8.74. The Morgan fingerprint density at radius 3 is 2.72 bits per heavy atom. The molecule has 0 aromatic carbocycles. The summed E-state index contributed by atoms with van der Waals surface area (Å²) in [5, 5.41) is 0. The molecule has 0 aliphatic heterocycles. The number of ether oxygens (including phenoxy) is 1. The highest BCUT2D eigenvalue weighted by Crippen LogP contribution is 2.43. The number of hydrogen-bond donors (Lipinski definition) is 0. The standard InChI is InChI=1S/C16H26O2/c1-3-5-6-13(4-2)16(17)18-11-15-10-12-7-8-14(15)9-12/h7-8,12-15H,3-6,9-11H2,1-2H3. The van der Waals surface area contributed by atoms with Gasteiger partial charge in [0, 0.05) is 0 Å². The van der Waals surface area contributed by atoms with Gasteiger partial charge in [-0.25, -0.2) is 0 Å². The quantitative estimate of drug-likeness (QED) is 0.505. The van der Waals surface area contributed by atoms with E-state index in [0.29, 0.717) is 18.4 Å². The van der Waals surface area contributed by atoms with Crippen molar-refractivity contribution >= 4 is 5.97 Å². The summed E-state index contributed by atoms with van der Waals surface area (Å²) >= 11 is 0. The van der Waals surface area contributed by atoms with Gasteiger partial charge in [-0.3, -0.25) is 4.79 Å². The average Bonchev–Trinajstić information content (AvgIpc) is 2.99. The first-order valence-electron chi connectivity index (χ1n) is 7.59. The maximum atomic E-state index is 12.0. The van der Waals surface area contributed by atoms with Crippen molar-refractivity contribution in [1.29, 1.82) is 0 Å². The fourth-order valence-electron chi connectivity index (χ4n) is 3.33. The Morgan fingerprint density at radius 2 is 2.17 bits per heavy atom. The minimum Gasteiger partial charge on any atom is -0.465 e. The molecule has 2 nitrogen and oxygen atoms in total. The predicted octanol–water partition coefficient (Wildman–Crippen LogP) is 3.96. The summed E-state index contributed by atoms with van der Waals surface area (Å²) < 4.78 is 5.56. The van der Waals surface area contributed by atoms with Gasteiger partial charge in [-0.1, -0.05) is 38.8 Å². The lowest BCUT2D eigenvalue weighted by atomic mass is 9.94. The smallest absolute Gasteiger partial charge is 0.308 e. The second kappa shape index (κ2) is 6.40. The zero-order valence-corrected chi connectivity index (χ0v) is 11.7. The SMILES string of the molecule is CCCCC(CC)C(=O)OCC1CC2C=CC1C2. The summed E-state index contributed by atoms with van der Waals surface area (Å²) in [7, 11) is 0. The summed E-state index contributed by atoms with van der Waals surface area (Å²) in [5.41, 5.74) is 0. The maximum Gasteiger partial charge on any atom is 0.308 e. The summed E-state index contributed by atoms with van der Waals surface area (Å²) in [4.78, 5) is 12.0. The van der Waals surface area contributed by atoms with Gasteiger partial charge >= 0.3 is 5.97 Å². The van der Waals surface area contributed by atoms with Crippen LogP contribution in [-0.4, -0.2) is 12.6 Å². The molecule has 0 radical (unpaired) electrons. The second-order valence-corrected chi connectivity index (χ2v) is 5.92. The van der Waals surface area contributed by atoms with E-state index >= 15 is 0 Å². The molecular formula is C16H26O2. The predicted molar refractivity (Wildman–Crippen MR) is 73.1 cm³/mol. The Morgan fingerprint density at radius 1 is 1.33 bits per heavy atom. The Labute approximate surface area is 111 Å². The van der Waals surface area contributed by atoms with Crippen LogP contribution >= 0.6 is 0 Å². The van der Waals surface area contributed by atoms with E-state index in [1.165, 1.54) is 12.8 Å². The largest absolute Gasteiger partial charge is 0.465 e. The fraction of sp³-hybridized carbons (Fsp3) is 0.812. The van der Waals surface area contributed by atoms with Gasteiger partial charge in [-0.2, -0.15) is 0 Å². The van der Waals surface area contributed by atoms with Crippen LogP contribution in [0.1, 0.15) is 52.4 Å². The monoisotopic (exact) mass is 250 g/mol. The normalized spacial score (nSPS) is 30.7. The highest BCUT2D eigenvalue weighted by molar-refractivity contribution is 5.72. The minimum absolute atomic E-state index is 0.0395. The summed E-state index contributed by atoms with van der Waals surface area (Å²) in [6.45, 7) is 4.90. The maximum absolute atomic E-state index is 12.0. The highest BCUT2D eigenvalue weighted by Gasteiger charge is 2.36. The molecule has 2 heteroatoms. The molecule has 18 heavy (non-hydrogen) atoms. The van der Waals surface area contributed by atoms with Gasteiger partial charge < -0.3 is 4.74 Å². The van der Waals surface area contributed by atoms with Gasteiger partial charge in [0.1, 0.15) is 0 Å². The topological polar surface area (TPSA) is 26.3 Å². The number of carbonyl (C=O) groups excluding carboxylic acids is 1. The highest BCUT2D eigenvalue weighted by atomic mass is 16.5. The van der Waals surface area contributed by atoms with Crippen molar-refractivity contribution in [2.75, 3.05) is 6.61 Å². The van der Waals surface area contributed by atoms with Crippen LogP contribution < -0.4 is 0 Å². The first-order valence-corrected chi connectivity index (χ1v) is 7.59. The van der Waals surface area contributed by atoms with Crippen molar-refractivity contribution in [1.82, 2.24) is 0 Å². The number of carbonyl (C=O) groups is 1. The molecular weight excluding hydrogens is 224 g/mol. The Bertz CT molecular complexity index is 308. The van der Waals surface area contributed by atoms with Crippen molar-refractivity contribution in [3.05, 3.63) is 12.2 Å². The van der Waals surface area contributed by atoms with Crippen molar-refractivity contribution in [3.63, 3.8) is 0 Å². The van der Waals surface area contributed by atoms with Gasteiger partial charge in [-0.15, -0.1) is 0 Å². The number of fused-ring (bicyclic) bond motifs is 2. The fourth-order valence-corrected chi connectivity index (χ4v) is 3.33. The molecule has 0 amide bonds. The molecule has 2 bridgehead atoms. The van der Waals surface area contributed by atoms with Crippen LogP contribution in [0, 0.1) is 23.7 Å². The lowest BCUT2D eigenvalue weighted by Crippen LogP contribution is -2.22. The van der Waals surface area contributed by atoms with Crippen molar-refractivity contribution < 1.29 is 9.53 Å². The van der Waals surface area contributed by atoms with E-state index in [-0.39, 0.29) is 11.9 Å². The zero-order valence-electron chi connectivity index (χ0n) is 11.7. The average molecular weight is 250 g/mol. The van der Waals surface area contributed by atoms with Gasteiger partial charge in [0.05, 0.1) is 12.5 Å². The summed E-state index contributed by atoms with van der Waals surface area (Å²) in [6.07, 6.45) is 11.3. The number of unbranched alkanes of at least 4 members (excludes halogenated alkanes) is 1. The molecule has 1 fully saturated rings. The molecule has 0 aromatic rings. The Kier molecular flexibility index (Phi) is 4.85. The third kappa shape index (κ3) is 3.15. The molecule has 1 saturated carbocycles. The van der Waals surface area contributed by atoms with Gasteiger partial charge in [0.25, 0.3) is 0 Å². The summed E-state index contributed by atoms with van der Waals surface area (Å²) in [5.74, 6) is 2.20. The lowest BCUT2D eigenvalue weighted by molar-refractivity contribution is -0.150. The first kappa shape index (κ1) is 13.6. The lowest BCUT2D eigenvalue weighted by Gasteiger charge is -2.20. The number of allylic oxidation sites excluding steroid dienone is 2. The van der Waals surface area contributed by atoms with E-state index < -0.39 is 0 Å². The minimum atomic E-state index is 0.0395. The van der Waals surface area contributed by atoms with Gasteiger partial charge in [0.15, 0.2) is 0 Å². The Balaban J connectivity index is 1.72. The molecule has 102 valence electrons. The van der Waals surface area contributed by atoms with E-state index in [9.17, 15) is 4.79 Å². The number of esters is 1. The Hall–Kier alpha value is -0.790. The zero-order chi connectivity index (χ0) is 13.0. The molecule has 0 spiro atoms. The molecule has 2 rings (SSSR count). The van der Waals surface area contributed by atoms with Crippen LogP contribution in [0.2, 0.25) is 0 Å². The van der Waals surface area contributed by atoms with E-state index in [0.717, 1.165) is 31.6 Å². The third-order valence-electron chi connectivity index (χ3n) is 4.59. The van der Waals surface area contributed by atoms with Gasteiger partial charge in [0.2, 0.25) is 0 Å². The van der Waals surface area contributed by atoms with Crippen LogP contribution in [0.15, 0.2) is 12.2 Å². The van der Waals surface area contributed by atoms with Crippen LogP contribution in [0.25, 0.3) is 0 Å². The molecule has 0 saturated heterocycles. The van der Waals surface area contributed by atoms with E-state index in [2.05, 4.69) is 26.0 Å². The van der Waals surface area contributed by atoms with E-state index in [1.807, 2.05) is 0 Å².